The number of hydrogen-bond acceptors (Lipinski definition) is 1. The number of halogens is 1. The maximum absolute atomic E-state index is 5.66. The molecule has 11 heavy (non-hydrogen) atoms. The molecule has 60 valence electrons. The van der Waals surface area contributed by atoms with E-state index >= 15 is 0 Å². The van der Waals surface area contributed by atoms with Crippen molar-refractivity contribution in [1.82, 2.24) is 0 Å². The number of benzene rings is 1. The van der Waals surface area contributed by atoms with Crippen molar-refractivity contribution in [2.24, 2.45) is 5.73 Å². The second kappa shape index (κ2) is 3.88. The van der Waals surface area contributed by atoms with Gasteiger partial charge in [-0.2, -0.15) is 0 Å². The molecule has 0 radical (unpaired) electrons. The molecule has 0 amide bonds. The van der Waals surface area contributed by atoms with Crippen molar-refractivity contribution in [3.8, 4) is 0 Å². The highest BCUT2D eigenvalue weighted by molar-refractivity contribution is 9.10. The zero-order chi connectivity index (χ0) is 8.27. The average molecular weight is 214 g/mol. The van der Waals surface area contributed by atoms with Crippen molar-refractivity contribution >= 4 is 15.9 Å². The van der Waals surface area contributed by atoms with Crippen molar-refractivity contribution in [2.75, 3.05) is 0 Å². The van der Waals surface area contributed by atoms with Gasteiger partial charge in [0.15, 0.2) is 0 Å². The number of rotatable bonds is 2. The molecule has 0 bridgehead atoms. The quantitative estimate of drug-likeness (QED) is 0.803. The first-order chi connectivity index (χ1) is 5.18. The Balaban J connectivity index is 2.71. The molecule has 2 heteroatoms. The number of nitrogens with two attached hydrogens (primary N) is 1. The van der Waals surface area contributed by atoms with Gasteiger partial charge in [-0.25, -0.2) is 0 Å². The molecule has 1 atom stereocenters. The van der Waals surface area contributed by atoms with Crippen molar-refractivity contribution < 1.29 is 0 Å². The molecule has 0 heterocycles. The third kappa shape index (κ3) is 3.04. The molecule has 0 saturated heterocycles. The molecule has 0 unspecified atom stereocenters. The summed E-state index contributed by atoms with van der Waals surface area (Å²) < 4.78 is 1.12. The Morgan fingerprint density at radius 2 is 2.27 bits per heavy atom. The molecule has 0 aromatic heterocycles. The zero-order valence-corrected chi connectivity index (χ0v) is 8.14. The van der Waals surface area contributed by atoms with E-state index in [9.17, 15) is 0 Å². The second-order valence-corrected chi connectivity index (χ2v) is 3.73. The van der Waals surface area contributed by atoms with E-state index in [1.165, 1.54) is 5.56 Å². The van der Waals surface area contributed by atoms with E-state index in [1.807, 2.05) is 19.1 Å². The van der Waals surface area contributed by atoms with E-state index < -0.39 is 0 Å². The largest absolute Gasteiger partial charge is 0.328 e. The van der Waals surface area contributed by atoms with Crippen molar-refractivity contribution in [3.05, 3.63) is 34.3 Å². The van der Waals surface area contributed by atoms with Gasteiger partial charge in [0.25, 0.3) is 0 Å². The van der Waals surface area contributed by atoms with Crippen molar-refractivity contribution in [2.45, 2.75) is 19.4 Å². The molecule has 0 aliphatic carbocycles. The van der Waals surface area contributed by atoms with Gasteiger partial charge in [0, 0.05) is 10.5 Å². The monoisotopic (exact) mass is 213 g/mol. The van der Waals surface area contributed by atoms with Gasteiger partial charge in [0.1, 0.15) is 0 Å². The van der Waals surface area contributed by atoms with Gasteiger partial charge in [0.2, 0.25) is 0 Å². The van der Waals surface area contributed by atoms with Crippen LogP contribution in [0, 0.1) is 0 Å². The predicted octanol–water partition coefficient (Wildman–Crippen LogP) is 2.34. The van der Waals surface area contributed by atoms with Crippen LogP contribution >= 0.6 is 15.9 Å². The van der Waals surface area contributed by atoms with E-state index in [0.29, 0.717) is 0 Å². The van der Waals surface area contributed by atoms with Gasteiger partial charge < -0.3 is 5.73 Å². The summed E-state index contributed by atoms with van der Waals surface area (Å²) in [5.74, 6) is 0. The number of hydrogen-bond donors (Lipinski definition) is 1. The smallest absolute Gasteiger partial charge is 0.0178 e. The lowest BCUT2D eigenvalue weighted by Crippen LogP contribution is -2.17. The molecule has 0 fully saturated rings. The minimum atomic E-state index is 0.240. The van der Waals surface area contributed by atoms with Gasteiger partial charge in [-0.1, -0.05) is 28.1 Å². The third-order valence-corrected chi connectivity index (χ3v) is 1.94. The molecule has 2 N–H and O–H groups in total. The molecular weight excluding hydrogens is 202 g/mol. The fraction of sp³-hybridized carbons (Fsp3) is 0.333. The van der Waals surface area contributed by atoms with Crippen molar-refractivity contribution in [3.63, 3.8) is 0 Å². The van der Waals surface area contributed by atoms with Crippen LogP contribution in [0.3, 0.4) is 0 Å². The highest BCUT2D eigenvalue weighted by Crippen LogP contribution is 2.12. The normalized spacial score (nSPS) is 13.0. The summed E-state index contributed by atoms with van der Waals surface area (Å²) in [6, 6.07) is 8.48. The molecule has 1 nitrogen and oxygen atoms in total. The first kappa shape index (κ1) is 8.75. The first-order valence-electron chi connectivity index (χ1n) is 3.68. The maximum atomic E-state index is 5.66. The van der Waals surface area contributed by atoms with E-state index in [0.717, 1.165) is 10.9 Å². The van der Waals surface area contributed by atoms with Crippen molar-refractivity contribution in [1.29, 1.82) is 0 Å². The van der Waals surface area contributed by atoms with E-state index in [4.69, 9.17) is 5.73 Å². The molecule has 1 aromatic carbocycles. The molecule has 0 saturated carbocycles. The molecule has 1 rings (SSSR count). The Bertz CT molecular complexity index is 233. The van der Waals surface area contributed by atoms with Crippen LogP contribution in [0.4, 0.5) is 0 Å². The summed E-state index contributed by atoms with van der Waals surface area (Å²) in [6.07, 6.45) is 0.944. The molecular formula is C9H12BrN. The lowest BCUT2D eigenvalue weighted by atomic mass is 10.1. The summed E-state index contributed by atoms with van der Waals surface area (Å²) in [7, 11) is 0. The van der Waals surface area contributed by atoms with Gasteiger partial charge in [-0.3, -0.25) is 0 Å². The summed E-state index contributed by atoms with van der Waals surface area (Å²) in [5, 5.41) is 0. The Kier molecular flexibility index (Phi) is 3.09. The summed E-state index contributed by atoms with van der Waals surface area (Å²) in [4.78, 5) is 0. The Morgan fingerprint density at radius 3 is 2.82 bits per heavy atom. The average Bonchev–Trinajstić information content (AvgIpc) is 1.85. The Morgan fingerprint density at radius 1 is 1.55 bits per heavy atom. The van der Waals surface area contributed by atoms with E-state index in [1.54, 1.807) is 0 Å². The minimum absolute atomic E-state index is 0.240. The molecule has 0 aliphatic rings. The van der Waals surface area contributed by atoms with Crippen LogP contribution in [0.15, 0.2) is 28.7 Å². The second-order valence-electron chi connectivity index (χ2n) is 2.81. The van der Waals surface area contributed by atoms with Gasteiger partial charge in [-0.15, -0.1) is 0 Å². The maximum Gasteiger partial charge on any atom is 0.0178 e. The van der Waals surface area contributed by atoms with Crippen LogP contribution in [0.25, 0.3) is 0 Å². The fourth-order valence-corrected chi connectivity index (χ4v) is 1.48. The molecule has 1 aromatic rings. The minimum Gasteiger partial charge on any atom is -0.328 e. The SMILES string of the molecule is C[C@@H](N)Cc1cccc(Br)c1. The van der Waals surface area contributed by atoms with Gasteiger partial charge in [-0.05, 0) is 31.0 Å². The Hall–Kier alpha value is -0.340. The van der Waals surface area contributed by atoms with Crippen LogP contribution < -0.4 is 5.73 Å². The fourth-order valence-electron chi connectivity index (χ4n) is 1.04. The third-order valence-electron chi connectivity index (χ3n) is 1.45. The summed E-state index contributed by atoms with van der Waals surface area (Å²) in [6.45, 7) is 2.01. The highest BCUT2D eigenvalue weighted by Gasteiger charge is 1.96. The van der Waals surface area contributed by atoms with Crippen LogP contribution in [-0.2, 0) is 6.42 Å². The standard InChI is InChI=1S/C9H12BrN/c1-7(11)5-8-3-2-4-9(10)6-8/h2-4,6-7H,5,11H2,1H3/t7-/m1/s1. The summed E-state index contributed by atoms with van der Waals surface area (Å²) >= 11 is 3.41. The van der Waals surface area contributed by atoms with Crippen LogP contribution in [0.5, 0.6) is 0 Å². The summed E-state index contributed by atoms with van der Waals surface area (Å²) in [5.41, 5.74) is 6.95. The lowest BCUT2D eigenvalue weighted by Gasteiger charge is -2.04. The van der Waals surface area contributed by atoms with Crippen LogP contribution in [-0.4, -0.2) is 6.04 Å². The molecule has 0 aliphatic heterocycles. The topological polar surface area (TPSA) is 26.0 Å². The van der Waals surface area contributed by atoms with E-state index in [-0.39, 0.29) is 6.04 Å². The zero-order valence-electron chi connectivity index (χ0n) is 6.55. The first-order valence-corrected chi connectivity index (χ1v) is 4.48. The van der Waals surface area contributed by atoms with Crippen LogP contribution in [0.2, 0.25) is 0 Å². The van der Waals surface area contributed by atoms with E-state index in [2.05, 4.69) is 28.1 Å². The Labute approximate surface area is 75.7 Å². The molecule has 0 spiro atoms. The van der Waals surface area contributed by atoms with Gasteiger partial charge in [0.05, 0.1) is 0 Å². The van der Waals surface area contributed by atoms with Gasteiger partial charge >= 0.3 is 0 Å². The predicted molar refractivity (Wildman–Crippen MR) is 51.5 cm³/mol. The highest BCUT2D eigenvalue weighted by atomic mass is 79.9. The van der Waals surface area contributed by atoms with Crippen LogP contribution in [0.1, 0.15) is 12.5 Å². The lowest BCUT2D eigenvalue weighted by molar-refractivity contribution is 0.738.